The Hall–Kier alpha value is -17.6. The van der Waals surface area contributed by atoms with E-state index in [1.54, 1.807) is 0 Å². The first-order chi connectivity index (χ1) is 67.5. The van der Waals surface area contributed by atoms with Crippen molar-refractivity contribution in [2.45, 2.75) is 10.8 Å². The highest BCUT2D eigenvalue weighted by Crippen LogP contribution is 2.68. The molecule has 0 N–H and O–H groups in total. The summed E-state index contributed by atoms with van der Waals surface area (Å²) in [6.45, 7) is 0. The summed E-state index contributed by atoms with van der Waals surface area (Å²) in [7, 11) is 0. The highest BCUT2D eigenvalue weighted by molar-refractivity contribution is 6.29. The van der Waals surface area contributed by atoms with Crippen molar-refractivity contribution in [2.24, 2.45) is 0 Å². The fraction of sp³-hybridized carbons (Fsp3) is 0.0149. The van der Waals surface area contributed by atoms with E-state index >= 15 is 0 Å². The van der Waals surface area contributed by atoms with Crippen molar-refractivity contribution in [3.8, 4) is 77.9 Å². The molecule has 4 aliphatic rings. The molecule has 0 amide bonds. The SMILES string of the molecule is c1ccc2c(c1)-c1ccccc1C21c2ccccc2-c2cc(-c3cccc4ccccc34)c(N(c3ccc4c(ccc5cc(-c6ccc7c8ccc(N(c9cc%10c(cc9-c9cccc%11ccccc9%11)-c9ccccc9C%109c%10ccccc%10-c%10ccccc%109)c9cc%10ccccc%10c%10ccccc9%10)cc8c8ccccc8c7c6)ccc54)c3)c3ccc4c5ccccc5c5ccccc5c4c3)cc21. The standard InChI is InChI=1S/C134H80N2/c1-4-34-91-81(29-1)32-27-51-97(91)120-77-118-112-48-19-25-57-126(112)133(122-53-21-15-44-108(122)109-45-16-22-54-123(109)133)128(118)79-131(120)135(89-64-69-106-101-40-8-7-38-99(101)100-39-9-10-41-102(100)116(106)75-89)88-63-68-95-87(72-88)60-59-86-71-83(61-66-94(86)95)84-62-67-105-107-70-65-90(76-117(107)104-43-12-11-42-103(104)115(105)73-84)136(130-74-85-31-3-6-36-93(85)96-37-13-14-50-114(96)130)132-80-129-119(78-121(132)98-52-28-33-82-30-2-5-35-92(82)98)113-49-20-26-58-127(113)134(129)124-55-23-17-46-110(124)111-47-18-24-56-125(111)134/h1-80H. The second-order valence-electron chi connectivity index (χ2n) is 37.8. The number of fused-ring (bicyclic) bond motifs is 40. The van der Waals surface area contributed by atoms with Crippen LogP contribution in [-0.2, 0) is 10.8 Å². The summed E-state index contributed by atoms with van der Waals surface area (Å²) in [5.41, 5.74) is 33.0. The third-order valence-corrected chi connectivity index (χ3v) is 31.3. The summed E-state index contributed by atoms with van der Waals surface area (Å²) in [4.78, 5) is 5.24. The number of rotatable bonds is 9. The van der Waals surface area contributed by atoms with Gasteiger partial charge in [0.1, 0.15) is 0 Å². The van der Waals surface area contributed by atoms with E-state index in [1.807, 2.05) is 0 Å². The van der Waals surface area contributed by atoms with Crippen LogP contribution in [0.25, 0.3) is 207 Å². The third kappa shape index (κ3) is 10.3. The minimum Gasteiger partial charge on any atom is -0.310 e. The molecule has 136 heavy (non-hydrogen) atoms. The van der Waals surface area contributed by atoms with Crippen LogP contribution in [0.3, 0.4) is 0 Å². The van der Waals surface area contributed by atoms with Crippen molar-refractivity contribution in [1.29, 1.82) is 0 Å². The van der Waals surface area contributed by atoms with Gasteiger partial charge in [-0.3, -0.25) is 0 Å². The molecule has 26 aromatic carbocycles. The first-order valence-corrected chi connectivity index (χ1v) is 47.6. The van der Waals surface area contributed by atoms with Crippen LogP contribution in [0.1, 0.15) is 44.5 Å². The van der Waals surface area contributed by atoms with E-state index in [2.05, 4.69) is 495 Å². The van der Waals surface area contributed by atoms with Crippen LogP contribution in [0, 0.1) is 0 Å². The average Bonchev–Trinajstić information content (AvgIpc) is 1.51. The Labute approximate surface area is 786 Å². The zero-order chi connectivity index (χ0) is 88.7. The van der Waals surface area contributed by atoms with E-state index in [4.69, 9.17) is 0 Å². The maximum atomic E-state index is 2.64. The minimum atomic E-state index is -0.599. The summed E-state index contributed by atoms with van der Waals surface area (Å²) in [5.74, 6) is 0. The molecule has 0 unspecified atom stereocenters. The molecule has 26 aromatic rings. The molecule has 626 valence electrons. The largest absolute Gasteiger partial charge is 0.310 e. The van der Waals surface area contributed by atoms with Crippen molar-refractivity contribution in [2.75, 3.05) is 9.80 Å². The van der Waals surface area contributed by atoms with Gasteiger partial charge in [-0.2, -0.15) is 0 Å². The van der Waals surface area contributed by atoms with Gasteiger partial charge in [0, 0.05) is 33.6 Å². The Kier molecular flexibility index (Phi) is 15.7. The van der Waals surface area contributed by atoms with Gasteiger partial charge in [0.15, 0.2) is 0 Å². The van der Waals surface area contributed by atoms with Crippen LogP contribution in [0.4, 0.5) is 34.1 Å². The van der Waals surface area contributed by atoms with Crippen molar-refractivity contribution in [1.82, 2.24) is 0 Å². The normalized spacial score (nSPS) is 13.3. The van der Waals surface area contributed by atoms with Crippen LogP contribution in [0.2, 0.25) is 0 Å². The summed E-state index contributed by atoms with van der Waals surface area (Å²) in [5, 5.41) is 29.1. The molecule has 30 rings (SSSR count). The van der Waals surface area contributed by atoms with Gasteiger partial charge in [0.05, 0.1) is 27.9 Å². The van der Waals surface area contributed by atoms with Crippen LogP contribution < -0.4 is 9.80 Å². The molecule has 0 radical (unpaired) electrons. The topological polar surface area (TPSA) is 6.48 Å². The second kappa shape index (κ2) is 28.5. The predicted molar refractivity (Wildman–Crippen MR) is 575 cm³/mol. The zero-order valence-corrected chi connectivity index (χ0v) is 74.1. The molecule has 0 aliphatic heterocycles. The van der Waals surface area contributed by atoms with Gasteiger partial charge >= 0.3 is 0 Å². The van der Waals surface area contributed by atoms with Crippen LogP contribution >= 0.6 is 0 Å². The Morgan fingerprint density at radius 1 is 0.118 bits per heavy atom. The smallest absolute Gasteiger partial charge is 0.0726 e. The molecule has 0 bridgehead atoms. The number of nitrogens with zero attached hydrogens (tertiary/aromatic N) is 2. The second-order valence-corrected chi connectivity index (χ2v) is 37.8. The van der Waals surface area contributed by atoms with E-state index in [0.29, 0.717) is 0 Å². The van der Waals surface area contributed by atoms with Crippen LogP contribution in [0.15, 0.2) is 485 Å². The predicted octanol–water partition coefficient (Wildman–Crippen LogP) is 36.2. The van der Waals surface area contributed by atoms with E-state index in [0.717, 1.165) is 50.6 Å². The van der Waals surface area contributed by atoms with Gasteiger partial charge in [-0.05, 0) is 314 Å². The molecule has 2 heteroatoms. The van der Waals surface area contributed by atoms with Gasteiger partial charge in [0.2, 0.25) is 0 Å². The Bertz CT molecular complexity index is 9650. The van der Waals surface area contributed by atoms with Crippen molar-refractivity contribution < 1.29 is 0 Å². The summed E-state index contributed by atoms with van der Waals surface area (Å²) in [6, 6.07) is 186. The summed E-state index contributed by atoms with van der Waals surface area (Å²) < 4.78 is 0. The molecule has 0 fully saturated rings. The Balaban J connectivity index is 0.594. The molecule has 0 aromatic heterocycles. The first kappa shape index (κ1) is 75.1. The number of hydrogen-bond acceptors (Lipinski definition) is 2. The lowest BCUT2D eigenvalue weighted by molar-refractivity contribution is 0.794. The average molecular weight is 1720 g/mol. The van der Waals surface area contributed by atoms with Gasteiger partial charge in [-0.15, -0.1) is 0 Å². The molecule has 0 heterocycles. The maximum absolute atomic E-state index is 2.64. The molecule has 0 atom stereocenters. The van der Waals surface area contributed by atoms with E-state index in [9.17, 15) is 0 Å². The molecular formula is C134H80N2. The molecule has 0 saturated carbocycles. The summed E-state index contributed by atoms with van der Waals surface area (Å²) >= 11 is 0. The van der Waals surface area contributed by atoms with Gasteiger partial charge in [-0.25, -0.2) is 0 Å². The van der Waals surface area contributed by atoms with Crippen molar-refractivity contribution in [3.63, 3.8) is 0 Å². The van der Waals surface area contributed by atoms with Crippen molar-refractivity contribution >= 4 is 163 Å². The van der Waals surface area contributed by atoms with Crippen molar-refractivity contribution in [3.05, 3.63) is 530 Å². The van der Waals surface area contributed by atoms with E-state index < -0.39 is 10.8 Å². The highest BCUT2D eigenvalue weighted by atomic mass is 15.2. The number of anilines is 6. The monoisotopic (exact) mass is 1720 g/mol. The molecule has 2 nitrogen and oxygen atoms in total. The highest BCUT2D eigenvalue weighted by Gasteiger charge is 2.54. The molecular weight excluding hydrogens is 1640 g/mol. The van der Waals surface area contributed by atoms with E-state index in [1.165, 1.54) is 235 Å². The minimum absolute atomic E-state index is 0.593. The van der Waals surface area contributed by atoms with Crippen LogP contribution in [-0.4, -0.2) is 0 Å². The molecule has 4 aliphatic carbocycles. The van der Waals surface area contributed by atoms with Crippen LogP contribution in [0.5, 0.6) is 0 Å². The lowest BCUT2D eigenvalue weighted by Gasteiger charge is -2.34. The zero-order valence-electron chi connectivity index (χ0n) is 74.1. The molecule has 2 spiro atoms. The maximum Gasteiger partial charge on any atom is 0.0726 e. The first-order valence-electron chi connectivity index (χ1n) is 47.6. The number of hydrogen-bond donors (Lipinski definition) is 0. The quantitative estimate of drug-likeness (QED) is 0.133. The molecule has 0 saturated heterocycles. The van der Waals surface area contributed by atoms with Gasteiger partial charge in [0.25, 0.3) is 0 Å². The van der Waals surface area contributed by atoms with Gasteiger partial charge < -0.3 is 9.80 Å². The lowest BCUT2D eigenvalue weighted by atomic mass is 9.70. The third-order valence-electron chi connectivity index (χ3n) is 31.3. The van der Waals surface area contributed by atoms with Gasteiger partial charge in [-0.1, -0.05) is 406 Å². The Morgan fingerprint density at radius 2 is 0.390 bits per heavy atom. The summed E-state index contributed by atoms with van der Waals surface area (Å²) in [6.07, 6.45) is 0. The van der Waals surface area contributed by atoms with E-state index in [-0.39, 0.29) is 0 Å². The fourth-order valence-corrected chi connectivity index (χ4v) is 25.7. The lowest BCUT2D eigenvalue weighted by Crippen LogP contribution is -2.26. The Morgan fingerprint density at radius 3 is 0.838 bits per heavy atom. The fourth-order valence-electron chi connectivity index (χ4n) is 25.7. The number of benzene rings is 26.